The van der Waals surface area contributed by atoms with Crippen molar-refractivity contribution in [2.75, 3.05) is 19.7 Å². The van der Waals surface area contributed by atoms with Crippen LogP contribution in [-0.4, -0.2) is 46.7 Å². The Morgan fingerprint density at radius 1 is 0.818 bits per heavy atom. The van der Waals surface area contributed by atoms with Crippen LogP contribution in [0.3, 0.4) is 0 Å². The van der Waals surface area contributed by atoms with Gasteiger partial charge >= 0.3 is 5.97 Å². The van der Waals surface area contributed by atoms with Crippen LogP contribution >= 0.6 is 0 Å². The summed E-state index contributed by atoms with van der Waals surface area (Å²) in [5.74, 6) is -0.961. The highest BCUT2D eigenvalue weighted by Gasteiger charge is 2.13. The fourth-order valence-electron chi connectivity index (χ4n) is 2.46. The topological polar surface area (TPSA) is 77.8 Å². The highest BCUT2D eigenvalue weighted by atomic mass is 16.4. The molecule has 0 rings (SSSR count). The average Bonchev–Trinajstić information content (AvgIpc) is 2.49. The van der Waals surface area contributed by atoms with E-state index in [-0.39, 0.29) is 32.0 Å². The van der Waals surface area contributed by atoms with Crippen LogP contribution in [0.15, 0.2) is 0 Å². The maximum Gasteiger partial charge on any atom is 0.305 e. The van der Waals surface area contributed by atoms with Crippen LogP contribution in [0.5, 0.6) is 0 Å². The number of hydrogen-bond donors (Lipinski definition) is 2. The van der Waals surface area contributed by atoms with Gasteiger partial charge in [0.25, 0.3) is 0 Å². The van der Waals surface area contributed by atoms with Crippen LogP contribution in [0.4, 0.5) is 0 Å². The van der Waals surface area contributed by atoms with Crippen molar-refractivity contribution in [1.29, 1.82) is 0 Å². The van der Waals surface area contributed by atoms with Gasteiger partial charge in [-0.1, -0.05) is 58.3 Å². The summed E-state index contributed by atoms with van der Waals surface area (Å²) in [4.78, 5) is 24.0. The lowest BCUT2D eigenvalue weighted by Crippen LogP contribution is -2.35. The normalized spacial score (nSPS) is 10.6. The number of carbonyl (C=O) groups excluding carboxylic acids is 1. The van der Waals surface area contributed by atoms with E-state index in [9.17, 15) is 9.59 Å². The molecule has 0 saturated carbocycles. The summed E-state index contributed by atoms with van der Waals surface area (Å²) in [5.41, 5.74) is 0. The van der Waals surface area contributed by atoms with Crippen LogP contribution in [0, 0.1) is 0 Å². The molecule has 0 heterocycles. The van der Waals surface area contributed by atoms with Gasteiger partial charge in [-0.3, -0.25) is 9.59 Å². The Morgan fingerprint density at radius 2 is 1.36 bits per heavy atom. The second kappa shape index (κ2) is 14.8. The first-order valence-electron chi connectivity index (χ1n) is 8.72. The van der Waals surface area contributed by atoms with E-state index in [1.165, 1.54) is 43.4 Å². The molecule has 0 atom stereocenters. The molecule has 1 amide bonds. The summed E-state index contributed by atoms with van der Waals surface area (Å²) >= 11 is 0. The van der Waals surface area contributed by atoms with E-state index in [4.69, 9.17) is 10.2 Å². The summed E-state index contributed by atoms with van der Waals surface area (Å²) in [6.45, 7) is 2.51. The van der Waals surface area contributed by atoms with E-state index in [0.717, 1.165) is 19.3 Å². The lowest BCUT2D eigenvalue weighted by molar-refractivity contribution is -0.138. The Kier molecular flexibility index (Phi) is 14.1. The number of rotatable bonds is 15. The van der Waals surface area contributed by atoms with Gasteiger partial charge in [0, 0.05) is 19.5 Å². The van der Waals surface area contributed by atoms with Crippen molar-refractivity contribution in [1.82, 2.24) is 4.90 Å². The number of carboxylic acids is 1. The number of carboxylic acid groups (broad SMARTS) is 1. The van der Waals surface area contributed by atoms with E-state index in [1.54, 1.807) is 0 Å². The Bertz CT molecular complexity index is 294. The van der Waals surface area contributed by atoms with E-state index in [0.29, 0.717) is 6.42 Å². The number of aliphatic hydroxyl groups is 1. The molecule has 0 aromatic carbocycles. The van der Waals surface area contributed by atoms with Crippen molar-refractivity contribution < 1.29 is 19.8 Å². The minimum absolute atomic E-state index is 0.0433. The number of aliphatic carboxylic acids is 1. The highest BCUT2D eigenvalue weighted by molar-refractivity contribution is 5.77. The van der Waals surface area contributed by atoms with Gasteiger partial charge in [0.2, 0.25) is 5.91 Å². The summed E-state index contributed by atoms with van der Waals surface area (Å²) in [6.07, 6.45) is 11.2. The second-order valence-corrected chi connectivity index (χ2v) is 5.83. The SMILES string of the molecule is CCCCCCCCCCCC(=O)N(CCO)CCC(=O)O. The molecule has 5 heteroatoms. The molecule has 0 unspecified atom stereocenters. The average molecular weight is 315 g/mol. The van der Waals surface area contributed by atoms with Crippen LogP contribution in [0.2, 0.25) is 0 Å². The summed E-state index contributed by atoms with van der Waals surface area (Å²) in [5, 5.41) is 17.6. The molecule has 0 fully saturated rings. The summed E-state index contributed by atoms with van der Waals surface area (Å²) in [7, 11) is 0. The molecular formula is C17H33NO4. The maximum atomic E-state index is 12.0. The van der Waals surface area contributed by atoms with Crippen molar-refractivity contribution >= 4 is 11.9 Å². The molecule has 5 nitrogen and oxygen atoms in total. The van der Waals surface area contributed by atoms with Crippen LogP contribution in [-0.2, 0) is 9.59 Å². The Balaban J connectivity index is 3.65. The number of carbonyl (C=O) groups is 2. The van der Waals surface area contributed by atoms with Crippen molar-refractivity contribution in [3.63, 3.8) is 0 Å². The smallest absolute Gasteiger partial charge is 0.305 e. The first-order chi connectivity index (χ1) is 10.6. The zero-order valence-corrected chi connectivity index (χ0v) is 14.1. The molecule has 22 heavy (non-hydrogen) atoms. The highest BCUT2D eigenvalue weighted by Crippen LogP contribution is 2.11. The molecular weight excluding hydrogens is 282 g/mol. The number of aliphatic hydroxyl groups excluding tert-OH is 1. The van der Waals surface area contributed by atoms with Gasteiger partial charge in [0.1, 0.15) is 0 Å². The van der Waals surface area contributed by atoms with Crippen molar-refractivity contribution in [3.8, 4) is 0 Å². The van der Waals surface area contributed by atoms with Gasteiger partial charge in [0.05, 0.1) is 13.0 Å². The van der Waals surface area contributed by atoms with E-state index < -0.39 is 5.97 Å². The molecule has 2 N–H and O–H groups in total. The quantitative estimate of drug-likeness (QED) is 0.455. The van der Waals surface area contributed by atoms with Crippen molar-refractivity contribution in [2.24, 2.45) is 0 Å². The molecule has 0 aliphatic carbocycles. The zero-order chi connectivity index (χ0) is 16.6. The molecule has 0 aliphatic heterocycles. The van der Waals surface area contributed by atoms with Crippen molar-refractivity contribution in [3.05, 3.63) is 0 Å². The second-order valence-electron chi connectivity index (χ2n) is 5.83. The maximum absolute atomic E-state index is 12.0. The monoisotopic (exact) mass is 315 g/mol. The summed E-state index contributed by atoms with van der Waals surface area (Å²) in [6, 6.07) is 0. The Morgan fingerprint density at radius 3 is 1.86 bits per heavy atom. The predicted molar refractivity (Wildman–Crippen MR) is 87.8 cm³/mol. The predicted octanol–water partition coefficient (Wildman–Crippen LogP) is 3.20. The number of amides is 1. The Hall–Kier alpha value is -1.10. The lowest BCUT2D eigenvalue weighted by atomic mass is 10.1. The molecule has 0 saturated heterocycles. The van der Waals surface area contributed by atoms with Crippen LogP contribution in [0.25, 0.3) is 0 Å². The van der Waals surface area contributed by atoms with E-state index in [2.05, 4.69) is 6.92 Å². The first kappa shape index (κ1) is 20.9. The minimum atomic E-state index is -0.918. The van der Waals surface area contributed by atoms with Gasteiger partial charge in [-0.15, -0.1) is 0 Å². The molecule has 130 valence electrons. The van der Waals surface area contributed by atoms with Crippen molar-refractivity contribution in [2.45, 2.75) is 77.6 Å². The Labute approximate surface area is 134 Å². The van der Waals surface area contributed by atoms with Crippen LogP contribution < -0.4 is 0 Å². The zero-order valence-electron chi connectivity index (χ0n) is 14.1. The first-order valence-corrected chi connectivity index (χ1v) is 8.72. The van der Waals surface area contributed by atoms with Gasteiger partial charge in [-0.25, -0.2) is 0 Å². The molecule has 0 aromatic heterocycles. The summed E-state index contributed by atoms with van der Waals surface area (Å²) < 4.78 is 0. The van der Waals surface area contributed by atoms with Crippen LogP contribution in [0.1, 0.15) is 77.6 Å². The molecule has 0 bridgehead atoms. The fraction of sp³-hybridized carbons (Fsp3) is 0.882. The van der Waals surface area contributed by atoms with Gasteiger partial charge < -0.3 is 15.1 Å². The number of hydrogen-bond acceptors (Lipinski definition) is 3. The van der Waals surface area contributed by atoms with Gasteiger partial charge in [0.15, 0.2) is 0 Å². The number of nitrogens with zero attached hydrogens (tertiary/aromatic N) is 1. The lowest BCUT2D eigenvalue weighted by Gasteiger charge is -2.20. The standard InChI is InChI=1S/C17H33NO4/c1-2-3-4-5-6-7-8-9-10-11-16(20)18(14-15-19)13-12-17(21)22/h19H,2-15H2,1H3,(H,21,22). The fourth-order valence-corrected chi connectivity index (χ4v) is 2.46. The third-order valence-electron chi connectivity index (χ3n) is 3.81. The molecule has 0 spiro atoms. The largest absolute Gasteiger partial charge is 0.481 e. The third-order valence-corrected chi connectivity index (χ3v) is 3.81. The van der Waals surface area contributed by atoms with Gasteiger partial charge in [-0.05, 0) is 6.42 Å². The molecule has 0 radical (unpaired) electrons. The van der Waals surface area contributed by atoms with E-state index in [1.807, 2.05) is 0 Å². The molecule has 0 aliphatic rings. The molecule has 0 aromatic rings. The third kappa shape index (κ3) is 12.6. The minimum Gasteiger partial charge on any atom is -0.481 e. The van der Waals surface area contributed by atoms with E-state index >= 15 is 0 Å². The number of unbranched alkanes of at least 4 members (excludes halogenated alkanes) is 8. The van der Waals surface area contributed by atoms with Gasteiger partial charge in [-0.2, -0.15) is 0 Å².